The maximum absolute atomic E-state index is 10.7. The van der Waals surface area contributed by atoms with Crippen LogP contribution in [0.3, 0.4) is 0 Å². The van der Waals surface area contributed by atoms with Gasteiger partial charge >= 0.3 is 0 Å². The van der Waals surface area contributed by atoms with Gasteiger partial charge in [0.2, 0.25) is 5.91 Å². The van der Waals surface area contributed by atoms with E-state index >= 15 is 0 Å². The van der Waals surface area contributed by atoms with Crippen molar-refractivity contribution in [2.75, 3.05) is 5.32 Å². The van der Waals surface area contributed by atoms with Crippen LogP contribution >= 0.6 is 0 Å². The largest absolute Gasteiger partial charge is 0.321 e. The Labute approximate surface area is 94.6 Å². The number of hydrogen-bond acceptors (Lipinski definition) is 3. The molecule has 0 bridgehead atoms. The normalized spacial score (nSPS) is 8.75. The van der Waals surface area contributed by atoms with Gasteiger partial charge in [-0.05, 0) is 18.6 Å². The van der Waals surface area contributed by atoms with Gasteiger partial charge in [0.25, 0.3) is 5.69 Å². The minimum atomic E-state index is -0.516. The van der Waals surface area contributed by atoms with E-state index in [9.17, 15) is 14.9 Å². The van der Waals surface area contributed by atoms with Crippen molar-refractivity contribution in [2.45, 2.75) is 27.7 Å². The van der Waals surface area contributed by atoms with Crippen LogP contribution in [0.15, 0.2) is 18.2 Å². The van der Waals surface area contributed by atoms with Crippen LogP contribution in [0.1, 0.15) is 26.3 Å². The molecule has 0 saturated heterocycles. The molecule has 0 aliphatic rings. The molecule has 0 aliphatic heterocycles. The fraction of sp³-hybridized carbons (Fsp3) is 0.364. The second-order valence-corrected chi connectivity index (χ2v) is 2.96. The van der Waals surface area contributed by atoms with Crippen molar-refractivity contribution in [1.82, 2.24) is 0 Å². The van der Waals surface area contributed by atoms with Gasteiger partial charge in [0.05, 0.1) is 4.92 Å². The number of carbonyl (C=O) groups excluding carboxylic acids is 1. The summed E-state index contributed by atoms with van der Waals surface area (Å²) in [6.07, 6.45) is 0. The van der Waals surface area contributed by atoms with Crippen LogP contribution in [-0.4, -0.2) is 10.8 Å². The fourth-order valence-electron chi connectivity index (χ4n) is 1.09. The van der Waals surface area contributed by atoms with E-state index in [1.54, 1.807) is 13.0 Å². The number of amides is 1. The first-order valence-corrected chi connectivity index (χ1v) is 5.03. The van der Waals surface area contributed by atoms with Gasteiger partial charge in [-0.15, -0.1) is 0 Å². The third kappa shape index (κ3) is 4.08. The van der Waals surface area contributed by atoms with E-state index in [4.69, 9.17) is 0 Å². The van der Waals surface area contributed by atoms with Crippen LogP contribution in [0, 0.1) is 17.0 Å². The molecule has 88 valence electrons. The Morgan fingerprint density at radius 3 is 2.38 bits per heavy atom. The van der Waals surface area contributed by atoms with Crippen LogP contribution < -0.4 is 5.32 Å². The minimum absolute atomic E-state index is 0.0831. The molecule has 1 rings (SSSR count). The summed E-state index contributed by atoms with van der Waals surface area (Å²) in [6, 6.07) is 4.65. The van der Waals surface area contributed by atoms with E-state index in [2.05, 4.69) is 5.32 Å². The van der Waals surface area contributed by atoms with Gasteiger partial charge in [0, 0.05) is 13.0 Å². The predicted octanol–water partition coefficient (Wildman–Crippen LogP) is 2.89. The van der Waals surface area contributed by atoms with E-state index in [1.165, 1.54) is 19.1 Å². The van der Waals surface area contributed by atoms with Gasteiger partial charge in [-0.3, -0.25) is 14.9 Å². The molecule has 0 heterocycles. The molecule has 0 spiro atoms. The molecular weight excluding hydrogens is 208 g/mol. The van der Waals surface area contributed by atoms with Gasteiger partial charge in [-0.25, -0.2) is 0 Å². The number of aryl methyl sites for hydroxylation is 1. The molecule has 1 N–H and O–H groups in total. The lowest BCUT2D eigenvalue weighted by atomic mass is 10.2. The average Bonchev–Trinajstić information content (AvgIpc) is 2.23. The fourth-order valence-corrected chi connectivity index (χ4v) is 1.09. The summed E-state index contributed by atoms with van der Waals surface area (Å²) in [5.41, 5.74) is 0.930. The smallest absolute Gasteiger partial charge is 0.293 e. The molecular formula is C11H16N2O3. The Morgan fingerprint density at radius 2 is 1.94 bits per heavy atom. The topological polar surface area (TPSA) is 72.2 Å². The average molecular weight is 224 g/mol. The summed E-state index contributed by atoms with van der Waals surface area (Å²) in [7, 11) is 0. The summed E-state index contributed by atoms with van der Waals surface area (Å²) in [5, 5.41) is 13.0. The van der Waals surface area contributed by atoms with Crippen molar-refractivity contribution in [3.63, 3.8) is 0 Å². The molecule has 5 nitrogen and oxygen atoms in total. The van der Waals surface area contributed by atoms with Gasteiger partial charge in [0.15, 0.2) is 0 Å². The van der Waals surface area contributed by atoms with E-state index in [1.807, 2.05) is 13.8 Å². The highest BCUT2D eigenvalue weighted by Gasteiger charge is 2.13. The lowest BCUT2D eigenvalue weighted by Gasteiger charge is -2.03. The van der Waals surface area contributed by atoms with E-state index in [0.29, 0.717) is 0 Å². The van der Waals surface area contributed by atoms with Crippen molar-refractivity contribution in [3.05, 3.63) is 33.9 Å². The summed E-state index contributed by atoms with van der Waals surface area (Å²) in [4.78, 5) is 20.8. The zero-order valence-corrected chi connectivity index (χ0v) is 9.90. The molecule has 0 fully saturated rings. The van der Waals surface area contributed by atoms with Crippen LogP contribution in [0.5, 0.6) is 0 Å². The van der Waals surface area contributed by atoms with E-state index in [0.717, 1.165) is 5.56 Å². The molecule has 1 aromatic rings. The van der Waals surface area contributed by atoms with Crippen molar-refractivity contribution >= 4 is 17.3 Å². The number of benzene rings is 1. The second kappa shape index (κ2) is 6.55. The van der Waals surface area contributed by atoms with Gasteiger partial charge < -0.3 is 5.32 Å². The monoisotopic (exact) mass is 224 g/mol. The molecule has 0 aliphatic carbocycles. The SMILES string of the molecule is CC.CC(=O)Nc1ccc(C)cc1[N+](=O)[O-]. The van der Waals surface area contributed by atoms with E-state index in [-0.39, 0.29) is 17.3 Å². The lowest BCUT2D eigenvalue weighted by molar-refractivity contribution is -0.384. The number of nitrogens with one attached hydrogen (secondary N) is 1. The molecule has 1 aromatic carbocycles. The summed E-state index contributed by atoms with van der Waals surface area (Å²) in [6.45, 7) is 7.06. The molecule has 0 saturated carbocycles. The predicted molar refractivity (Wildman–Crippen MR) is 63.5 cm³/mol. The highest BCUT2D eigenvalue weighted by Crippen LogP contribution is 2.24. The third-order valence-electron chi connectivity index (χ3n) is 1.66. The van der Waals surface area contributed by atoms with Crippen LogP contribution in [0.25, 0.3) is 0 Å². The van der Waals surface area contributed by atoms with Gasteiger partial charge in [0.1, 0.15) is 5.69 Å². The second-order valence-electron chi connectivity index (χ2n) is 2.96. The number of rotatable bonds is 2. The first-order chi connectivity index (χ1) is 7.50. The molecule has 0 radical (unpaired) electrons. The Kier molecular flexibility index (Phi) is 5.77. The molecule has 0 unspecified atom stereocenters. The summed E-state index contributed by atoms with van der Waals surface area (Å²) >= 11 is 0. The van der Waals surface area contributed by atoms with Crippen molar-refractivity contribution in [3.8, 4) is 0 Å². The molecule has 0 aromatic heterocycles. The number of nitro groups is 1. The Morgan fingerprint density at radius 1 is 1.38 bits per heavy atom. The molecule has 16 heavy (non-hydrogen) atoms. The number of nitro benzene ring substituents is 1. The Bertz CT molecular complexity index is 389. The molecule has 0 atom stereocenters. The maximum Gasteiger partial charge on any atom is 0.293 e. The summed E-state index contributed by atoms with van der Waals surface area (Å²) < 4.78 is 0. The quantitative estimate of drug-likeness (QED) is 0.620. The minimum Gasteiger partial charge on any atom is -0.321 e. The number of carbonyl (C=O) groups is 1. The first-order valence-electron chi connectivity index (χ1n) is 5.03. The highest BCUT2D eigenvalue weighted by atomic mass is 16.6. The maximum atomic E-state index is 10.7. The zero-order valence-electron chi connectivity index (χ0n) is 9.90. The van der Waals surface area contributed by atoms with Crippen molar-refractivity contribution in [1.29, 1.82) is 0 Å². The summed E-state index contributed by atoms with van der Waals surface area (Å²) in [5.74, 6) is -0.322. The van der Waals surface area contributed by atoms with Crippen molar-refractivity contribution < 1.29 is 9.72 Å². The Balaban J connectivity index is 0.00000106. The van der Waals surface area contributed by atoms with E-state index < -0.39 is 4.92 Å². The number of nitrogens with zero attached hydrogens (tertiary/aromatic N) is 1. The van der Waals surface area contributed by atoms with Crippen LogP contribution in [-0.2, 0) is 4.79 Å². The number of hydrogen-bond donors (Lipinski definition) is 1. The third-order valence-corrected chi connectivity index (χ3v) is 1.66. The molecule has 1 amide bonds. The zero-order chi connectivity index (χ0) is 12.7. The van der Waals surface area contributed by atoms with Crippen molar-refractivity contribution in [2.24, 2.45) is 0 Å². The number of anilines is 1. The van der Waals surface area contributed by atoms with Gasteiger partial charge in [-0.2, -0.15) is 0 Å². The lowest BCUT2D eigenvalue weighted by Crippen LogP contribution is -2.07. The standard InChI is InChI=1S/C9H10N2O3.C2H6/c1-6-3-4-8(10-7(2)12)9(5-6)11(13)14;1-2/h3-5H,1-2H3,(H,10,12);1-2H3. The van der Waals surface area contributed by atoms with Crippen LogP contribution in [0.2, 0.25) is 0 Å². The highest BCUT2D eigenvalue weighted by molar-refractivity contribution is 5.91. The molecule has 5 heteroatoms. The van der Waals surface area contributed by atoms with Crippen LogP contribution in [0.4, 0.5) is 11.4 Å². The van der Waals surface area contributed by atoms with Gasteiger partial charge in [-0.1, -0.05) is 19.9 Å². The Hall–Kier alpha value is -1.91. The first kappa shape index (κ1) is 14.1.